The molecule has 0 radical (unpaired) electrons. The van der Waals surface area contributed by atoms with Crippen molar-refractivity contribution in [2.24, 2.45) is 7.05 Å². The molecule has 0 aliphatic carbocycles. The van der Waals surface area contributed by atoms with Crippen LogP contribution in [0.1, 0.15) is 24.8 Å². The molecule has 1 unspecified atom stereocenters. The lowest BCUT2D eigenvalue weighted by atomic mass is 10.0. The van der Waals surface area contributed by atoms with E-state index in [0.29, 0.717) is 41.8 Å². The number of fused-ring (bicyclic) bond motifs is 1. The first-order chi connectivity index (χ1) is 15.7. The first kappa shape index (κ1) is 23.1. The molecule has 7 nitrogen and oxygen atoms in total. The summed E-state index contributed by atoms with van der Waals surface area (Å²) in [5.74, 6) is 0. The number of aryl methyl sites for hydroxylation is 1. The number of nitrogens with one attached hydrogen (secondary N) is 1. The van der Waals surface area contributed by atoms with Crippen LogP contribution in [0.3, 0.4) is 0 Å². The van der Waals surface area contributed by atoms with E-state index in [1.807, 2.05) is 6.07 Å². The van der Waals surface area contributed by atoms with Crippen molar-refractivity contribution in [3.05, 3.63) is 51.7 Å². The molecule has 3 aromatic rings. The minimum absolute atomic E-state index is 0.0715. The molecule has 1 aliphatic heterocycles. The Bertz CT molecular complexity index is 1280. The Labute approximate surface area is 193 Å². The molecule has 1 aliphatic rings. The number of halogens is 4. The summed E-state index contributed by atoms with van der Waals surface area (Å²) in [6, 6.07) is 8.52. The number of benzene rings is 1. The third-order valence-corrected chi connectivity index (χ3v) is 6.25. The minimum atomic E-state index is -4.29. The molecule has 1 saturated heterocycles. The standard InChI is InChI=1S/C22H22ClF3N6O/c1-30-18-6-5-14(29-17-7-8-28-20(23)16(17)11-27)10-19(18)32(21(30)33)12-15-4-2-3-9-31(15)13-22(24,25)26/h5-8,10,15H,2-4,9,12-13H2,1H3,(H,28,29). The quantitative estimate of drug-likeness (QED) is 0.549. The van der Waals surface area contributed by atoms with Crippen LogP contribution in [0.15, 0.2) is 35.3 Å². The molecule has 174 valence electrons. The Balaban J connectivity index is 1.69. The van der Waals surface area contributed by atoms with Crippen LogP contribution in [0.5, 0.6) is 0 Å². The van der Waals surface area contributed by atoms with Crippen LogP contribution in [0.4, 0.5) is 24.5 Å². The van der Waals surface area contributed by atoms with Crippen molar-refractivity contribution in [1.29, 1.82) is 5.26 Å². The van der Waals surface area contributed by atoms with Crippen LogP contribution in [0.25, 0.3) is 11.0 Å². The molecule has 1 aromatic carbocycles. The minimum Gasteiger partial charge on any atom is -0.354 e. The van der Waals surface area contributed by atoms with Gasteiger partial charge in [-0.1, -0.05) is 18.0 Å². The summed E-state index contributed by atoms with van der Waals surface area (Å²) in [6.07, 6.45) is -0.689. The van der Waals surface area contributed by atoms with E-state index in [0.717, 1.165) is 6.42 Å². The van der Waals surface area contributed by atoms with Gasteiger partial charge in [-0.2, -0.15) is 18.4 Å². The Hall–Kier alpha value is -3.03. The number of likely N-dealkylation sites (tertiary alicyclic amines) is 1. The molecular weight excluding hydrogens is 457 g/mol. The summed E-state index contributed by atoms with van der Waals surface area (Å²) in [4.78, 5) is 18.3. The SMILES string of the molecule is Cn1c(=O)n(CC2CCCCN2CC(F)(F)F)c2cc(Nc3ccnc(Cl)c3C#N)ccc21. The molecule has 33 heavy (non-hydrogen) atoms. The smallest absolute Gasteiger partial charge is 0.354 e. The van der Waals surface area contributed by atoms with E-state index >= 15 is 0 Å². The lowest BCUT2D eigenvalue weighted by Crippen LogP contribution is -2.47. The van der Waals surface area contributed by atoms with Gasteiger partial charge in [-0.25, -0.2) is 9.78 Å². The highest BCUT2D eigenvalue weighted by Gasteiger charge is 2.35. The number of piperidine rings is 1. The predicted octanol–water partition coefficient (Wildman–Crippen LogP) is 4.42. The Morgan fingerprint density at radius 1 is 1.27 bits per heavy atom. The van der Waals surface area contributed by atoms with Gasteiger partial charge in [-0.15, -0.1) is 0 Å². The molecule has 1 N–H and O–H groups in total. The molecular formula is C22H22ClF3N6O. The second kappa shape index (κ2) is 9.08. The molecule has 0 amide bonds. The number of anilines is 2. The van der Waals surface area contributed by atoms with Crippen molar-refractivity contribution in [3.63, 3.8) is 0 Å². The van der Waals surface area contributed by atoms with E-state index < -0.39 is 12.7 Å². The van der Waals surface area contributed by atoms with E-state index in [-0.39, 0.29) is 29.0 Å². The van der Waals surface area contributed by atoms with E-state index in [1.54, 1.807) is 31.3 Å². The van der Waals surface area contributed by atoms with Crippen molar-refractivity contribution in [1.82, 2.24) is 19.0 Å². The normalized spacial score (nSPS) is 17.3. The largest absolute Gasteiger partial charge is 0.401 e. The summed E-state index contributed by atoms with van der Waals surface area (Å²) < 4.78 is 42.3. The average Bonchev–Trinajstić information content (AvgIpc) is 2.99. The van der Waals surface area contributed by atoms with Gasteiger partial charge < -0.3 is 5.32 Å². The number of hydrogen-bond acceptors (Lipinski definition) is 5. The van der Waals surface area contributed by atoms with Gasteiger partial charge in [-0.05, 0) is 43.7 Å². The molecule has 11 heteroatoms. The summed E-state index contributed by atoms with van der Waals surface area (Å²) in [6.45, 7) is -0.458. The lowest BCUT2D eigenvalue weighted by Gasteiger charge is -2.36. The van der Waals surface area contributed by atoms with Gasteiger partial charge in [0.05, 0.1) is 23.3 Å². The molecule has 0 spiro atoms. The van der Waals surface area contributed by atoms with Crippen molar-refractivity contribution in [2.45, 2.75) is 38.0 Å². The zero-order valence-corrected chi connectivity index (χ0v) is 18.6. The average molecular weight is 479 g/mol. The molecule has 0 saturated carbocycles. The van der Waals surface area contributed by atoms with E-state index in [9.17, 15) is 23.2 Å². The van der Waals surface area contributed by atoms with Crippen LogP contribution >= 0.6 is 11.6 Å². The van der Waals surface area contributed by atoms with Crippen molar-refractivity contribution < 1.29 is 13.2 Å². The van der Waals surface area contributed by atoms with Crippen molar-refractivity contribution >= 4 is 34.0 Å². The lowest BCUT2D eigenvalue weighted by molar-refractivity contribution is -0.154. The highest BCUT2D eigenvalue weighted by molar-refractivity contribution is 6.31. The van der Waals surface area contributed by atoms with Gasteiger partial charge in [0, 0.05) is 31.5 Å². The van der Waals surface area contributed by atoms with Gasteiger partial charge in [0.1, 0.15) is 16.8 Å². The fourth-order valence-corrected chi connectivity index (χ4v) is 4.58. The fraction of sp³-hybridized carbons (Fsp3) is 0.409. The second-order valence-corrected chi connectivity index (χ2v) is 8.51. The zero-order valence-electron chi connectivity index (χ0n) is 17.9. The maximum absolute atomic E-state index is 13.1. The number of nitriles is 1. The van der Waals surface area contributed by atoms with Crippen LogP contribution in [0, 0.1) is 11.3 Å². The van der Waals surface area contributed by atoms with Crippen LogP contribution in [-0.4, -0.2) is 44.3 Å². The number of hydrogen-bond donors (Lipinski definition) is 1. The van der Waals surface area contributed by atoms with E-state index in [1.165, 1.54) is 20.2 Å². The summed E-state index contributed by atoms with van der Waals surface area (Å²) >= 11 is 6.00. The molecule has 0 bridgehead atoms. The van der Waals surface area contributed by atoms with Crippen LogP contribution < -0.4 is 11.0 Å². The van der Waals surface area contributed by atoms with Crippen molar-refractivity contribution in [2.75, 3.05) is 18.4 Å². The molecule has 2 aromatic heterocycles. The highest BCUT2D eigenvalue weighted by Crippen LogP contribution is 2.28. The second-order valence-electron chi connectivity index (χ2n) is 8.15. The van der Waals surface area contributed by atoms with Gasteiger partial charge in [0.15, 0.2) is 0 Å². The van der Waals surface area contributed by atoms with E-state index in [4.69, 9.17) is 11.6 Å². The fourth-order valence-electron chi connectivity index (χ4n) is 4.38. The number of aromatic nitrogens is 3. The molecule has 3 heterocycles. The van der Waals surface area contributed by atoms with Crippen molar-refractivity contribution in [3.8, 4) is 6.07 Å². The zero-order chi connectivity index (χ0) is 23.8. The van der Waals surface area contributed by atoms with E-state index in [2.05, 4.69) is 10.3 Å². The molecule has 1 atom stereocenters. The first-order valence-electron chi connectivity index (χ1n) is 10.5. The number of pyridine rings is 1. The summed E-state index contributed by atoms with van der Waals surface area (Å²) in [5, 5.41) is 12.6. The third-order valence-electron chi connectivity index (χ3n) is 5.97. The Kier molecular flexibility index (Phi) is 6.36. The van der Waals surface area contributed by atoms with Crippen LogP contribution in [-0.2, 0) is 13.6 Å². The highest BCUT2D eigenvalue weighted by atomic mass is 35.5. The maximum Gasteiger partial charge on any atom is 0.401 e. The predicted molar refractivity (Wildman–Crippen MR) is 120 cm³/mol. The van der Waals surface area contributed by atoms with Gasteiger partial charge in [0.2, 0.25) is 0 Å². The Morgan fingerprint density at radius 2 is 2.06 bits per heavy atom. The van der Waals surface area contributed by atoms with Crippen LogP contribution in [0.2, 0.25) is 5.15 Å². The summed E-state index contributed by atoms with van der Waals surface area (Å²) in [7, 11) is 1.64. The topological polar surface area (TPSA) is 78.9 Å². The third kappa shape index (κ3) is 4.84. The maximum atomic E-state index is 13.1. The number of alkyl halides is 3. The van der Waals surface area contributed by atoms with Gasteiger partial charge >= 0.3 is 11.9 Å². The van der Waals surface area contributed by atoms with Gasteiger partial charge in [0.25, 0.3) is 0 Å². The number of nitrogens with zero attached hydrogens (tertiary/aromatic N) is 5. The Morgan fingerprint density at radius 3 is 2.79 bits per heavy atom. The monoisotopic (exact) mass is 478 g/mol. The first-order valence-corrected chi connectivity index (χ1v) is 10.9. The molecule has 1 fully saturated rings. The molecule has 4 rings (SSSR count). The number of rotatable bonds is 5. The number of imidazole rings is 1. The van der Waals surface area contributed by atoms with Gasteiger partial charge in [-0.3, -0.25) is 14.0 Å². The summed E-state index contributed by atoms with van der Waals surface area (Å²) in [5.41, 5.74) is 2.24.